The molecule has 1 saturated heterocycles. The Morgan fingerprint density at radius 1 is 1.00 bits per heavy atom. The fourth-order valence-corrected chi connectivity index (χ4v) is 4.71. The molecule has 0 radical (unpaired) electrons. The Kier molecular flexibility index (Phi) is 6.29. The Morgan fingerprint density at radius 2 is 1.72 bits per heavy atom. The summed E-state index contributed by atoms with van der Waals surface area (Å²) in [7, 11) is -3.66. The van der Waals surface area contributed by atoms with Crippen molar-refractivity contribution in [1.29, 1.82) is 0 Å². The number of amides is 2. The van der Waals surface area contributed by atoms with Crippen LogP contribution in [0.4, 0.5) is 15.8 Å². The Morgan fingerprint density at radius 3 is 2.41 bits per heavy atom. The molecule has 2 N–H and O–H groups in total. The molecule has 0 unspecified atom stereocenters. The number of halogens is 1. The topological polar surface area (TPSA) is 95.6 Å². The molecule has 1 fully saturated rings. The minimum Gasteiger partial charge on any atom is -0.324 e. The summed E-state index contributed by atoms with van der Waals surface area (Å²) < 4.78 is 40.8. The van der Waals surface area contributed by atoms with E-state index in [0.717, 1.165) is 25.3 Å². The normalized spacial score (nSPS) is 15.0. The van der Waals surface area contributed by atoms with Crippen LogP contribution in [0.5, 0.6) is 0 Å². The van der Waals surface area contributed by atoms with E-state index in [1.54, 1.807) is 0 Å². The Hall–Kier alpha value is -2.78. The second-order valence-electron chi connectivity index (χ2n) is 6.82. The minimum atomic E-state index is -3.66. The van der Waals surface area contributed by atoms with Gasteiger partial charge in [-0.05, 0) is 49.2 Å². The average Bonchev–Trinajstić information content (AvgIpc) is 2.71. The van der Waals surface area contributed by atoms with E-state index in [0.29, 0.717) is 13.1 Å². The molecule has 1 aliphatic rings. The van der Waals surface area contributed by atoms with Gasteiger partial charge in [-0.1, -0.05) is 12.5 Å². The van der Waals surface area contributed by atoms with Crippen LogP contribution in [0.15, 0.2) is 47.4 Å². The molecule has 2 aromatic rings. The summed E-state index contributed by atoms with van der Waals surface area (Å²) in [5.41, 5.74) is 0.370. The summed E-state index contributed by atoms with van der Waals surface area (Å²) in [6.07, 6.45) is 2.65. The van der Waals surface area contributed by atoms with E-state index in [1.807, 2.05) is 0 Å². The fraction of sp³-hybridized carbons (Fsp3) is 0.300. The molecular weight excluding hydrogens is 397 g/mol. The van der Waals surface area contributed by atoms with Gasteiger partial charge in [-0.2, -0.15) is 4.31 Å². The van der Waals surface area contributed by atoms with Gasteiger partial charge in [-0.15, -0.1) is 0 Å². The van der Waals surface area contributed by atoms with Gasteiger partial charge in [0.15, 0.2) is 0 Å². The molecule has 154 valence electrons. The first-order chi connectivity index (χ1) is 13.8. The van der Waals surface area contributed by atoms with Crippen LogP contribution in [0, 0.1) is 5.82 Å². The maximum Gasteiger partial charge on any atom is 0.255 e. The molecule has 0 aliphatic carbocycles. The fourth-order valence-electron chi connectivity index (χ4n) is 3.14. The van der Waals surface area contributed by atoms with Gasteiger partial charge >= 0.3 is 0 Å². The number of carbonyl (C=O) groups is 2. The van der Waals surface area contributed by atoms with Crippen LogP contribution in [0.2, 0.25) is 0 Å². The van der Waals surface area contributed by atoms with Gasteiger partial charge in [0.25, 0.3) is 5.91 Å². The van der Waals surface area contributed by atoms with Gasteiger partial charge in [0.1, 0.15) is 5.82 Å². The van der Waals surface area contributed by atoms with E-state index >= 15 is 0 Å². The van der Waals surface area contributed by atoms with Crippen molar-refractivity contribution < 1.29 is 22.4 Å². The van der Waals surface area contributed by atoms with Crippen LogP contribution >= 0.6 is 0 Å². The van der Waals surface area contributed by atoms with Crippen molar-refractivity contribution in [3.8, 4) is 0 Å². The molecule has 2 aromatic carbocycles. The van der Waals surface area contributed by atoms with E-state index < -0.39 is 27.7 Å². The number of benzene rings is 2. The van der Waals surface area contributed by atoms with Gasteiger partial charge < -0.3 is 10.6 Å². The summed E-state index contributed by atoms with van der Waals surface area (Å²) in [6.45, 7) is 2.19. The van der Waals surface area contributed by atoms with Crippen molar-refractivity contribution >= 4 is 33.2 Å². The molecule has 0 spiro atoms. The van der Waals surface area contributed by atoms with Gasteiger partial charge in [0.2, 0.25) is 15.9 Å². The summed E-state index contributed by atoms with van der Waals surface area (Å²) >= 11 is 0. The molecule has 1 heterocycles. The highest BCUT2D eigenvalue weighted by Gasteiger charge is 2.26. The van der Waals surface area contributed by atoms with E-state index in [2.05, 4.69) is 10.6 Å². The highest BCUT2D eigenvalue weighted by Crippen LogP contribution is 2.23. The van der Waals surface area contributed by atoms with Crippen molar-refractivity contribution in [3.05, 3.63) is 53.8 Å². The number of hydrogen-bond acceptors (Lipinski definition) is 4. The largest absolute Gasteiger partial charge is 0.324 e. The van der Waals surface area contributed by atoms with Crippen LogP contribution in [0.25, 0.3) is 0 Å². The lowest BCUT2D eigenvalue weighted by Crippen LogP contribution is -2.35. The zero-order chi connectivity index (χ0) is 21.0. The van der Waals surface area contributed by atoms with Crippen LogP contribution < -0.4 is 10.6 Å². The van der Waals surface area contributed by atoms with Gasteiger partial charge in [-0.3, -0.25) is 9.59 Å². The highest BCUT2D eigenvalue weighted by atomic mass is 32.2. The molecule has 0 saturated carbocycles. The molecule has 2 amide bonds. The molecule has 29 heavy (non-hydrogen) atoms. The molecule has 7 nitrogen and oxygen atoms in total. The number of hydrogen-bond donors (Lipinski definition) is 2. The van der Waals surface area contributed by atoms with Crippen molar-refractivity contribution in [2.45, 2.75) is 31.1 Å². The van der Waals surface area contributed by atoms with E-state index in [1.165, 1.54) is 47.6 Å². The van der Waals surface area contributed by atoms with Crippen molar-refractivity contribution in [3.63, 3.8) is 0 Å². The number of nitrogens with one attached hydrogen (secondary N) is 2. The van der Waals surface area contributed by atoms with Gasteiger partial charge in [0, 0.05) is 31.3 Å². The Bertz CT molecular complexity index is 1030. The summed E-state index contributed by atoms with van der Waals surface area (Å²) in [4.78, 5) is 23.8. The van der Waals surface area contributed by atoms with Crippen molar-refractivity contribution in [1.82, 2.24) is 4.31 Å². The van der Waals surface area contributed by atoms with Crippen molar-refractivity contribution in [2.24, 2.45) is 0 Å². The predicted molar refractivity (Wildman–Crippen MR) is 108 cm³/mol. The number of nitrogens with zero attached hydrogens (tertiary/aromatic N) is 1. The molecule has 0 aromatic heterocycles. The first-order valence-corrected chi connectivity index (χ1v) is 10.7. The quantitative estimate of drug-likeness (QED) is 0.778. The highest BCUT2D eigenvalue weighted by molar-refractivity contribution is 7.89. The van der Waals surface area contributed by atoms with Crippen LogP contribution in [-0.4, -0.2) is 37.6 Å². The summed E-state index contributed by atoms with van der Waals surface area (Å²) in [6, 6.07) is 9.58. The number of sulfonamides is 1. The summed E-state index contributed by atoms with van der Waals surface area (Å²) in [5.74, 6) is -1.61. The monoisotopic (exact) mass is 419 g/mol. The van der Waals surface area contributed by atoms with E-state index in [9.17, 15) is 22.4 Å². The third kappa shape index (κ3) is 4.99. The Labute approximate surface area is 169 Å². The summed E-state index contributed by atoms with van der Waals surface area (Å²) in [5, 5.41) is 4.93. The lowest BCUT2D eigenvalue weighted by Gasteiger charge is -2.26. The van der Waals surface area contributed by atoms with Crippen LogP contribution in [0.3, 0.4) is 0 Å². The Balaban J connectivity index is 1.80. The number of carbonyl (C=O) groups excluding carboxylic acids is 2. The SMILES string of the molecule is CC(=O)Nc1cc(NC(=O)c2cccc(S(=O)(=O)N3CCCCC3)c2)ccc1F. The second-order valence-corrected chi connectivity index (χ2v) is 8.76. The van der Waals surface area contributed by atoms with Gasteiger partial charge in [-0.25, -0.2) is 12.8 Å². The number of piperidine rings is 1. The standard InChI is InChI=1S/C20H22FN3O4S/c1-14(25)22-19-13-16(8-9-18(19)21)23-20(26)15-6-5-7-17(12-15)29(27,28)24-10-3-2-4-11-24/h5-9,12-13H,2-4,10-11H2,1H3,(H,22,25)(H,23,26). The smallest absolute Gasteiger partial charge is 0.255 e. The van der Waals surface area contributed by atoms with E-state index in [4.69, 9.17) is 0 Å². The lowest BCUT2D eigenvalue weighted by atomic mass is 10.2. The van der Waals surface area contributed by atoms with E-state index in [-0.39, 0.29) is 21.8 Å². The number of anilines is 2. The lowest BCUT2D eigenvalue weighted by molar-refractivity contribution is -0.114. The molecule has 0 bridgehead atoms. The second kappa shape index (κ2) is 8.71. The molecule has 9 heteroatoms. The average molecular weight is 419 g/mol. The minimum absolute atomic E-state index is 0.0586. The molecule has 0 atom stereocenters. The van der Waals surface area contributed by atoms with Crippen LogP contribution in [0.1, 0.15) is 36.5 Å². The third-order valence-electron chi connectivity index (χ3n) is 4.58. The van der Waals surface area contributed by atoms with Crippen LogP contribution in [-0.2, 0) is 14.8 Å². The number of rotatable bonds is 5. The molecular formula is C20H22FN3O4S. The maximum atomic E-state index is 13.8. The first kappa shape index (κ1) is 20.9. The molecule has 1 aliphatic heterocycles. The predicted octanol–water partition coefficient (Wildman–Crippen LogP) is 3.21. The van der Waals surface area contributed by atoms with Crippen molar-refractivity contribution in [2.75, 3.05) is 23.7 Å². The maximum absolute atomic E-state index is 13.8. The van der Waals surface area contributed by atoms with Gasteiger partial charge in [0.05, 0.1) is 10.6 Å². The molecule has 3 rings (SSSR count). The zero-order valence-electron chi connectivity index (χ0n) is 15.9. The third-order valence-corrected chi connectivity index (χ3v) is 6.48. The first-order valence-electron chi connectivity index (χ1n) is 9.26. The zero-order valence-corrected chi connectivity index (χ0v) is 16.8.